The van der Waals surface area contributed by atoms with Gasteiger partial charge in [-0.1, -0.05) is 0 Å². The summed E-state index contributed by atoms with van der Waals surface area (Å²) in [5, 5.41) is 1.76. The molecule has 0 aliphatic carbocycles. The van der Waals surface area contributed by atoms with Gasteiger partial charge < -0.3 is 0 Å². The highest BCUT2D eigenvalue weighted by Crippen LogP contribution is 2.27. The van der Waals surface area contributed by atoms with Crippen molar-refractivity contribution in [2.45, 2.75) is 44.0 Å². The van der Waals surface area contributed by atoms with E-state index in [4.69, 9.17) is 0 Å². The lowest BCUT2D eigenvalue weighted by molar-refractivity contribution is 0.179. The third kappa shape index (κ3) is 4.82. The molecule has 0 aliphatic heterocycles. The van der Waals surface area contributed by atoms with E-state index in [0.29, 0.717) is 33.9 Å². The Bertz CT molecular complexity index is 490. The van der Waals surface area contributed by atoms with Crippen LogP contribution in [0.15, 0.2) is 20.1 Å². The maximum absolute atomic E-state index is 12.1. The Labute approximate surface area is 128 Å². The maximum atomic E-state index is 12.1. The first-order valence-electron chi connectivity index (χ1n) is 6.24. The Morgan fingerprint density at radius 2 is 1.89 bits per heavy atom. The van der Waals surface area contributed by atoms with Crippen molar-refractivity contribution >= 4 is 37.3 Å². The van der Waals surface area contributed by atoms with Gasteiger partial charge in [-0.2, -0.15) is 0 Å². The van der Waals surface area contributed by atoms with Crippen LogP contribution in [-0.4, -0.2) is 38.5 Å². The summed E-state index contributed by atoms with van der Waals surface area (Å²) < 4.78 is 27.8. The van der Waals surface area contributed by atoms with Gasteiger partial charge in [-0.15, -0.1) is 11.3 Å². The van der Waals surface area contributed by atoms with Crippen LogP contribution in [0.25, 0.3) is 0 Å². The van der Waals surface area contributed by atoms with Gasteiger partial charge in [0.15, 0.2) is 0 Å². The van der Waals surface area contributed by atoms with Gasteiger partial charge in [-0.3, -0.25) is 4.90 Å². The van der Waals surface area contributed by atoms with Crippen LogP contribution in [0, 0.1) is 0 Å². The lowest BCUT2D eigenvalue weighted by Gasteiger charge is -2.30. The van der Waals surface area contributed by atoms with Crippen molar-refractivity contribution in [1.82, 2.24) is 9.62 Å². The molecule has 0 aliphatic rings. The second-order valence-corrected chi connectivity index (χ2v) is 8.61. The monoisotopic (exact) mass is 368 g/mol. The Morgan fingerprint density at radius 3 is 2.32 bits per heavy atom. The second kappa shape index (κ2) is 7.17. The molecule has 1 heterocycles. The number of sulfonamides is 1. The van der Waals surface area contributed by atoms with E-state index in [9.17, 15) is 8.42 Å². The van der Waals surface area contributed by atoms with Crippen molar-refractivity contribution in [3.63, 3.8) is 0 Å². The highest BCUT2D eigenvalue weighted by atomic mass is 79.9. The minimum Gasteiger partial charge on any atom is -0.297 e. The molecule has 19 heavy (non-hydrogen) atoms. The number of nitrogens with one attached hydrogen (secondary N) is 1. The van der Waals surface area contributed by atoms with Crippen LogP contribution in [0.1, 0.15) is 27.7 Å². The Hall–Kier alpha value is 0.0500. The van der Waals surface area contributed by atoms with Gasteiger partial charge in [0.05, 0.1) is 0 Å². The van der Waals surface area contributed by atoms with Crippen LogP contribution in [-0.2, 0) is 10.0 Å². The molecule has 1 N–H and O–H groups in total. The minimum absolute atomic E-state index is 0.341. The lowest BCUT2D eigenvalue weighted by atomic mass is 10.2. The van der Waals surface area contributed by atoms with Gasteiger partial charge in [-0.05, 0) is 55.1 Å². The number of hydrogen-bond acceptors (Lipinski definition) is 4. The number of nitrogens with zero attached hydrogens (tertiary/aromatic N) is 1. The molecule has 4 nitrogen and oxygen atoms in total. The zero-order chi connectivity index (χ0) is 14.6. The molecule has 1 aromatic heterocycles. The van der Waals surface area contributed by atoms with E-state index in [1.807, 2.05) is 0 Å². The molecule has 0 saturated heterocycles. The molecule has 1 rings (SSSR count). The summed E-state index contributed by atoms with van der Waals surface area (Å²) >= 11 is 4.47. The average Bonchev–Trinajstić information content (AvgIpc) is 2.70. The predicted octanol–water partition coefficient (Wildman–Crippen LogP) is 2.91. The van der Waals surface area contributed by atoms with E-state index in [1.54, 1.807) is 11.4 Å². The SMILES string of the molecule is CC(C)N(CCNS(=O)(=O)c1sccc1Br)C(C)C. The molecule has 0 bridgehead atoms. The molecule has 110 valence electrons. The van der Waals surface area contributed by atoms with Crippen LogP contribution < -0.4 is 4.72 Å². The molecule has 7 heteroatoms. The molecule has 0 fully saturated rings. The molecule has 0 saturated carbocycles. The van der Waals surface area contributed by atoms with Crippen molar-refractivity contribution in [3.05, 3.63) is 15.9 Å². The molecule has 0 radical (unpaired) electrons. The summed E-state index contributed by atoms with van der Waals surface area (Å²) in [6, 6.07) is 2.55. The number of thiophene rings is 1. The molecule has 0 unspecified atom stereocenters. The van der Waals surface area contributed by atoms with Gasteiger partial charge in [-0.25, -0.2) is 13.1 Å². The van der Waals surface area contributed by atoms with Gasteiger partial charge in [0, 0.05) is 29.6 Å². The van der Waals surface area contributed by atoms with Gasteiger partial charge in [0.2, 0.25) is 0 Å². The van der Waals surface area contributed by atoms with Crippen molar-refractivity contribution in [3.8, 4) is 0 Å². The first kappa shape index (κ1) is 17.1. The maximum Gasteiger partial charge on any atom is 0.251 e. The zero-order valence-electron chi connectivity index (χ0n) is 11.7. The van der Waals surface area contributed by atoms with Gasteiger partial charge in [0.1, 0.15) is 4.21 Å². The van der Waals surface area contributed by atoms with E-state index in [0.717, 1.165) is 0 Å². The van der Waals surface area contributed by atoms with Crippen LogP contribution in [0.3, 0.4) is 0 Å². The van der Waals surface area contributed by atoms with Crippen molar-refractivity contribution in [2.24, 2.45) is 0 Å². The number of halogens is 1. The fourth-order valence-electron chi connectivity index (χ4n) is 1.96. The average molecular weight is 369 g/mol. The topological polar surface area (TPSA) is 49.4 Å². The fraction of sp³-hybridized carbons (Fsp3) is 0.667. The Balaban J connectivity index is 2.60. The highest BCUT2D eigenvalue weighted by molar-refractivity contribution is 9.10. The summed E-state index contributed by atoms with van der Waals surface area (Å²) in [5.74, 6) is 0. The molecular weight excluding hydrogens is 348 g/mol. The molecule has 1 aromatic rings. The van der Waals surface area contributed by atoms with Crippen LogP contribution in [0.2, 0.25) is 0 Å². The standard InChI is InChI=1S/C12H21BrN2O2S2/c1-9(2)15(10(3)4)7-6-14-19(16,17)12-11(13)5-8-18-12/h5,8-10,14H,6-7H2,1-4H3. The summed E-state index contributed by atoms with van der Waals surface area (Å²) in [7, 11) is -3.40. The Morgan fingerprint density at radius 1 is 1.32 bits per heavy atom. The minimum atomic E-state index is -3.40. The largest absolute Gasteiger partial charge is 0.297 e. The summed E-state index contributed by atoms with van der Waals surface area (Å²) in [6.45, 7) is 9.59. The zero-order valence-corrected chi connectivity index (χ0v) is 14.9. The number of hydrogen-bond donors (Lipinski definition) is 1. The van der Waals surface area contributed by atoms with Crippen molar-refractivity contribution < 1.29 is 8.42 Å². The lowest BCUT2D eigenvalue weighted by Crippen LogP contribution is -2.42. The fourth-order valence-corrected chi connectivity index (χ4v) is 5.36. The Kier molecular flexibility index (Phi) is 6.46. The molecule has 0 spiro atoms. The smallest absolute Gasteiger partial charge is 0.251 e. The third-order valence-corrected chi connectivity index (χ3v) is 6.95. The summed E-state index contributed by atoms with van der Waals surface area (Å²) in [4.78, 5) is 2.26. The molecule has 0 amide bonds. The van der Waals surface area contributed by atoms with E-state index in [-0.39, 0.29) is 0 Å². The van der Waals surface area contributed by atoms with E-state index >= 15 is 0 Å². The van der Waals surface area contributed by atoms with Crippen LogP contribution in [0.5, 0.6) is 0 Å². The van der Waals surface area contributed by atoms with Gasteiger partial charge in [0.25, 0.3) is 10.0 Å². The molecular formula is C12H21BrN2O2S2. The van der Waals surface area contributed by atoms with Crippen molar-refractivity contribution in [1.29, 1.82) is 0 Å². The highest BCUT2D eigenvalue weighted by Gasteiger charge is 2.20. The van der Waals surface area contributed by atoms with Crippen LogP contribution >= 0.6 is 27.3 Å². The first-order chi connectivity index (χ1) is 8.75. The summed E-state index contributed by atoms with van der Waals surface area (Å²) in [6.07, 6.45) is 0. The van der Waals surface area contributed by atoms with Gasteiger partial charge >= 0.3 is 0 Å². The van der Waals surface area contributed by atoms with Crippen molar-refractivity contribution in [2.75, 3.05) is 13.1 Å². The van der Waals surface area contributed by atoms with Crippen LogP contribution in [0.4, 0.5) is 0 Å². The quantitative estimate of drug-likeness (QED) is 0.804. The molecule has 0 atom stereocenters. The first-order valence-corrected chi connectivity index (χ1v) is 9.39. The predicted molar refractivity (Wildman–Crippen MR) is 84.2 cm³/mol. The number of rotatable bonds is 7. The third-order valence-electron chi connectivity index (χ3n) is 2.82. The van der Waals surface area contributed by atoms with E-state index in [1.165, 1.54) is 11.3 Å². The van der Waals surface area contributed by atoms with E-state index in [2.05, 4.69) is 53.2 Å². The second-order valence-electron chi connectivity index (χ2n) is 4.88. The van der Waals surface area contributed by atoms with E-state index < -0.39 is 10.0 Å². The normalized spacial score (nSPS) is 12.8. The summed E-state index contributed by atoms with van der Waals surface area (Å²) in [5.41, 5.74) is 0. The molecule has 0 aromatic carbocycles.